The van der Waals surface area contributed by atoms with Gasteiger partial charge in [-0.15, -0.1) is 0 Å². The Morgan fingerprint density at radius 2 is 2.44 bits per heavy atom. The first-order valence-electron chi connectivity index (χ1n) is 2.73. The number of hydrogen-bond donors (Lipinski definition) is 0. The van der Waals surface area contributed by atoms with Crippen molar-refractivity contribution >= 4 is 5.97 Å². The van der Waals surface area contributed by atoms with Crippen LogP contribution in [0.4, 0.5) is 0 Å². The third-order valence-corrected chi connectivity index (χ3v) is 0.646. The zero-order chi connectivity index (χ0) is 7.11. The molecule has 0 aromatic heterocycles. The van der Waals surface area contributed by atoms with Gasteiger partial charge in [0.15, 0.2) is 0 Å². The van der Waals surface area contributed by atoms with E-state index in [9.17, 15) is 4.79 Å². The molecule has 0 aliphatic carbocycles. The molecule has 0 amide bonds. The summed E-state index contributed by atoms with van der Waals surface area (Å²) in [4.78, 5) is 10.4. The van der Waals surface area contributed by atoms with Gasteiger partial charge in [-0.1, -0.05) is 0 Å². The number of esters is 1. The van der Waals surface area contributed by atoms with Crippen LogP contribution in [0, 0.1) is 0 Å². The third-order valence-electron chi connectivity index (χ3n) is 0.646. The minimum absolute atomic E-state index is 0.344. The summed E-state index contributed by atoms with van der Waals surface area (Å²) >= 11 is 0. The highest BCUT2D eigenvalue weighted by Crippen LogP contribution is 1.77. The summed E-state index contributed by atoms with van der Waals surface area (Å²) in [5.41, 5.74) is 0. The van der Waals surface area contributed by atoms with E-state index in [1.54, 1.807) is 14.0 Å². The van der Waals surface area contributed by atoms with Crippen LogP contribution in [-0.4, -0.2) is 19.6 Å². The van der Waals surface area contributed by atoms with E-state index in [0.29, 0.717) is 6.61 Å². The van der Waals surface area contributed by atoms with Gasteiger partial charge in [0.1, 0.15) is 0 Å². The molecule has 0 aliphatic heterocycles. The zero-order valence-electron chi connectivity index (χ0n) is 5.63. The van der Waals surface area contributed by atoms with Crippen molar-refractivity contribution in [3.05, 3.63) is 12.3 Å². The van der Waals surface area contributed by atoms with E-state index >= 15 is 0 Å². The molecule has 0 fully saturated rings. The molecule has 0 atom stereocenters. The SMILES string of the molecule is CCOC(=O)/C=C/[N]C. The average Bonchev–Trinajstić information content (AvgIpc) is 1.85. The normalized spacial score (nSPS) is 9.56. The first-order valence-corrected chi connectivity index (χ1v) is 2.73. The summed E-state index contributed by atoms with van der Waals surface area (Å²) in [7, 11) is 1.59. The van der Waals surface area contributed by atoms with Crippen LogP contribution < -0.4 is 5.32 Å². The molecule has 3 heteroatoms. The molecule has 0 bridgehead atoms. The van der Waals surface area contributed by atoms with Crippen molar-refractivity contribution in [3.8, 4) is 0 Å². The Bertz CT molecular complexity index is 110. The smallest absolute Gasteiger partial charge is 0.332 e. The standard InChI is InChI=1S/C6H10NO2/c1-3-9-6(8)4-5-7-2/h4-5H,3H2,1-2H3/b5-4+. The molecule has 0 spiro atoms. The molecule has 1 radical (unpaired) electrons. The number of carbonyl (C=O) groups is 1. The Balaban J connectivity index is 3.37. The summed E-state index contributed by atoms with van der Waals surface area (Å²) in [6.07, 6.45) is 2.68. The number of hydrogen-bond acceptors (Lipinski definition) is 2. The van der Waals surface area contributed by atoms with E-state index in [1.165, 1.54) is 12.3 Å². The van der Waals surface area contributed by atoms with Crippen LogP contribution in [0.25, 0.3) is 0 Å². The lowest BCUT2D eigenvalue weighted by Crippen LogP contribution is -1.99. The topological polar surface area (TPSA) is 40.4 Å². The second-order valence-electron chi connectivity index (χ2n) is 1.33. The van der Waals surface area contributed by atoms with E-state index in [2.05, 4.69) is 10.1 Å². The van der Waals surface area contributed by atoms with Crippen LogP contribution >= 0.6 is 0 Å². The monoisotopic (exact) mass is 128 g/mol. The second kappa shape index (κ2) is 5.15. The highest BCUT2D eigenvalue weighted by molar-refractivity contribution is 5.81. The van der Waals surface area contributed by atoms with Crippen LogP contribution in [0.3, 0.4) is 0 Å². The molecular weight excluding hydrogens is 118 g/mol. The number of rotatable bonds is 3. The van der Waals surface area contributed by atoms with Crippen molar-refractivity contribution in [2.24, 2.45) is 0 Å². The van der Waals surface area contributed by atoms with Gasteiger partial charge in [-0.2, -0.15) is 0 Å². The molecule has 0 rings (SSSR count). The minimum atomic E-state index is -0.344. The Labute approximate surface area is 54.7 Å². The molecule has 0 aromatic rings. The van der Waals surface area contributed by atoms with Crippen LogP contribution in [0.1, 0.15) is 6.92 Å². The van der Waals surface area contributed by atoms with Gasteiger partial charge in [0, 0.05) is 19.3 Å². The number of nitrogens with zero attached hydrogens (tertiary/aromatic N) is 1. The van der Waals surface area contributed by atoms with Gasteiger partial charge in [0.25, 0.3) is 0 Å². The van der Waals surface area contributed by atoms with Crippen molar-refractivity contribution in [2.75, 3.05) is 13.7 Å². The maximum absolute atomic E-state index is 10.4. The van der Waals surface area contributed by atoms with Gasteiger partial charge in [-0.3, -0.25) is 5.32 Å². The maximum Gasteiger partial charge on any atom is 0.332 e. The maximum atomic E-state index is 10.4. The molecule has 9 heavy (non-hydrogen) atoms. The Morgan fingerprint density at radius 1 is 1.78 bits per heavy atom. The summed E-state index contributed by atoms with van der Waals surface area (Å²) in [5.74, 6) is -0.344. The first kappa shape index (κ1) is 8.01. The van der Waals surface area contributed by atoms with E-state index in [1.807, 2.05) is 0 Å². The van der Waals surface area contributed by atoms with Crippen molar-refractivity contribution in [3.63, 3.8) is 0 Å². The lowest BCUT2D eigenvalue weighted by atomic mass is 10.6. The lowest BCUT2D eigenvalue weighted by molar-refractivity contribution is -0.137. The van der Waals surface area contributed by atoms with Crippen LogP contribution in [0.5, 0.6) is 0 Å². The molecular formula is C6H10NO2. The molecule has 0 saturated carbocycles. The molecule has 3 nitrogen and oxygen atoms in total. The highest BCUT2D eigenvalue weighted by Gasteiger charge is 1.89. The number of ether oxygens (including phenoxy) is 1. The molecule has 0 saturated heterocycles. The Hall–Kier alpha value is -0.990. The van der Waals surface area contributed by atoms with Crippen molar-refractivity contribution < 1.29 is 9.53 Å². The van der Waals surface area contributed by atoms with Gasteiger partial charge >= 0.3 is 5.97 Å². The van der Waals surface area contributed by atoms with Gasteiger partial charge < -0.3 is 4.74 Å². The Morgan fingerprint density at radius 3 is 2.89 bits per heavy atom. The van der Waals surface area contributed by atoms with Crippen molar-refractivity contribution in [1.29, 1.82) is 0 Å². The van der Waals surface area contributed by atoms with Crippen LogP contribution in [0.2, 0.25) is 0 Å². The van der Waals surface area contributed by atoms with Gasteiger partial charge in [0.05, 0.1) is 6.61 Å². The van der Waals surface area contributed by atoms with Gasteiger partial charge in [-0.05, 0) is 6.92 Å². The minimum Gasteiger partial charge on any atom is -0.463 e. The first-order chi connectivity index (χ1) is 4.31. The lowest BCUT2D eigenvalue weighted by Gasteiger charge is -1.92. The van der Waals surface area contributed by atoms with E-state index in [4.69, 9.17) is 0 Å². The summed E-state index contributed by atoms with van der Waals surface area (Å²) in [6, 6.07) is 0. The largest absolute Gasteiger partial charge is 0.463 e. The summed E-state index contributed by atoms with van der Waals surface area (Å²) in [6.45, 7) is 2.17. The molecule has 0 N–H and O–H groups in total. The predicted molar refractivity (Wildman–Crippen MR) is 33.8 cm³/mol. The molecule has 0 aromatic carbocycles. The van der Waals surface area contributed by atoms with Gasteiger partial charge in [0.2, 0.25) is 0 Å². The van der Waals surface area contributed by atoms with Crippen LogP contribution in [0.15, 0.2) is 12.3 Å². The van der Waals surface area contributed by atoms with E-state index < -0.39 is 0 Å². The fourth-order valence-electron chi connectivity index (χ4n) is 0.326. The predicted octanol–water partition coefficient (Wildman–Crippen LogP) is 0.297. The zero-order valence-corrected chi connectivity index (χ0v) is 5.63. The van der Waals surface area contributed by atoms with Crippen LogP contribution in [-0.2, 0) is 9.53 Å². The molecule has 0 aliphatic rings. The van der Waals surface area contributed by atoms with Gasteiger partial charge in [-0.25, -0.2) is 4.79 Å². The van der Waals surface area contributed by atoms with E-state index in [-0.39, 0.29) is 5.97 Å². The second-order valence-corrected chi connectivity index (χ2v) is 1.33. The third kappa shape index (κ3) is 4.87. The fourth-order valence-corrected chi connectivity index (χ4v) is 0.326. The average molecular weight is 128 g/mol. The molecule has 51 valence electrons. The summed E-state index contributed by atoms with van der Waals surface area (Å²) < 4.78 is 4.56. The van der Waals surface area contributed by atoms with E-state index in [0.717, 1.165) is 0 Å². The molecule has 0 unspecified atom stereocenters. The molecule has 0 heterocycles. The van der Waals surface area contributed by atoms with Crippen molar-refractivity contribution in [1.82, 2.24) is 5.32 Å². The Kier molecular flexibility index (Phi) is 4.59. The summed E-state index contributed by atoms with van der Waals surface area (Å²) in [5, 5.41) is 3.58. The number of carbonyl (C=O) groups excluding carboxylic acids is 1. The quantitative estimate of drug-likeness (QED) is 0.405. The van der Waals surface area contributed by atoms with Crippen molar-refractivity contribution in [2.45, 2.75) is 6.92 Å². The highest BCUT2D eigenvalue weighted by atomic mass is 16.5. The fraction of sp³-hybridized carbons (Fsp3) is 0.500.